The molecular weight excluding hydrogens is 208 g/mol. The van der Waals surface area contributed by atoms with Gasteiger partial charge < -0.3 is 4.98 Å². The van der Waals surface area contributed by atoms with Crippen LogP contribution in [0.5, 0.6) is 0 Å². The summed E-state index contributed by atoms with van der Waals surface area (Å²) in [6, 6.07) is 1.98. The van der Waals surface area contributed by atoms with Crippen LogP contribution in [0.25, 0.3) is 11.4 Å². The number of aromatic amines is 1. The van der Waals surface area contributed by atoms with Gasteiger partial charge in [0.25, 0.3) is 5.56 Å². The highest BCUT2D eigenvalue weighted by Gasteiger charge is 2.17. The number of nitrogens with zero attached hydrogens (tertiary/aromatic N) is 1. The second-order valence-electron chi connectivity index (χ2n) is 3.71. The van der Waals surface area contributed by atoms with Crippen molar-refractivity contribution in [3.63, 3.8) is 0 Å². The van der Waals surface area contributed by atoms with E-state index in [2.05, 4.69) is 9.97 Å². The second-order valence-corrected chi connectivity index (χ2v) is 4.49. The molecule has 0 atom stereocenters. The topological polar surface area (TPSA) is 45.8 Å². The highest BCUT2D eigenvalue weighted by molar-refractivity contribution is 7.08. The first-order valence-corrected chi connectivity index (χ1v) is 5.93. The van der Waals surface area contributed by atoms with Gasteiger partial charge in [-0.25, -0.2) is 4.98 Å². The van der Waals surface area contributed by atoms with Gasteiger partial charge in [-0.2, -0.15) is 11.3 Å². The number of aryl methyl sites for hydroxylation is 1. The molecule has 15 heavy (non-hydrogen) atoms. The van der Waals surface area contributed by atoms with Crippen LogP contribution in [0.15, 0.2) is 21.6 Å². The summed E-state index contributed by atoms with van der Waals surface area (Å²) in [5, 5.41) is 3.99. The Morgan fingerprint density at radius 3 is 3.13 bits per heavy atom. The van der Waals surface area contributed by atoms with Crippen molar-refractivity contribution in [1.29, 1.82) is 0 Å². The Bertz CT molecular complexity index is 542. The fraction of sp³-hybridized carbons (Fsp3) is 0.273. The fourth-order valence-electron chi connectivity index (χ4n) is 1.98. The number of H-pyrrole nitrogens is 1. The van der Waals surface area contributed by atoms with E-state index in [1.165, 1.54) is 0 Å². The molecule has 76 valence electrons. The molecule has 0 spiro atoms. The Balaban J connectivity index is 2.20. The molecule has 0 saturated heterocycles. The third-order valence-corrected chi connectivity index (χ3v) is 3.42. The van der Waals surface area contributed by atoms with Crippen molar-refractivity contribution in [2.24, 2.45) is 0 Å². The van der Waals surface area contributed by atoms with E-state index >= 15 is 0 Å². The summed E-state index contributed by atoms with van der Waals surface area (Å²) in [6.07, 6.45) is 2.87. The first-order chi connectivity index (χ1) is 7.34. The highest BCUT2D eigenvalue weighted by Crippen LogP contribution is 2.21. The van der Waals surface area contributed by atoms with E-state index in [9.17, 15) is 4.79 Å². The van der Waals surface area contributed by atoms with Crippen LogP contribution in [0.3, 0.4) is 0 Å². The largest absolute Gasteiger partial charge is 0.306 e. The van der Waals surface area contributed by atoms with E-state index < -0.39 is 0 Å². The lowest BCUT2D eigenvalue weighted by molar-refractivity contribution is 0.899. The summed E-state index contributed by atoms with van der Waals surface area (Å²) < 4.78 is 0. The summed E-state index contributed by atoms with van der Waals surface area (Å²) in [6.45, 7) is 0. The summed E-state index contributed by atoms with van der Waals surface area (Å²) in [5.74, 6) is 0.710. The zero-order valence-corrected chi connectivity index (χ0v) is 8.93. The summed E-state index contributed by atoms with van der Waals surface area (Å²) >= 11 is 1.61. The number of rotatable bonds is 1. The number of aromatic nitrogens is 2. The minimum atomic E-state index is 0.0405. The normalized spacial score (nSPS) is 14.1. The lowest BCUT2D eigenvalue weighted by Crippen LogP contribution is -2.14. The molecule has 3 rings (SSSR count). The van der Waals surface area contributed by atoms with Crippen LogP contribution >= 0.6 is 11.3 Å². The summed E-state index contributed by atoms with van der Waals surface area (Å²) in [7, 11) is 0. The lowest BCUT2D eigenvalue weighted by Gasteiger charge is -2.01. The Morgan fingerprint density at radius 1 is 1.40 bits per heavy atom. The summed E-state index contributed by atoms with van der Waals surface area (Å²) in [4.78, 5) is 19.1. The molecule has 0 aliphatic heterocycles. The Labute approximate surface area is 90.8 Å². The SMILES string of the molecule is O=c1[nH]c(-c2ccsc2)nc2c1CCC2. The predicted molar refractivity (Wildman–Crippen MR) is 60.2 cm³/mol. The van der Waals surface area contributed by atoms with Crippen molar-refractivity contribution >= 4 is 11.3 Å². The monoisotopic (exact) mass is 218 g/mol. The van der Waals surface area contributed by atoms with Gasteiger partial charge >= 0.3 is 0 Å². The Morgan fingerprint density at radius 2 is 2.33 bits per heavy atom. The molecular formula is C11H10N2OS. The Hall–Kier alpha value is -1.42. The van der Waals surface area contributed by atoms with E-state index in [1.54, 1.807) is 11.3 Å². The van der Waals surface area contributed by atoms with Crippen molar-refractivity contribution in [2.75, 3.05) is 0 Å². The van der Waals surface area contributed by atoms with E-state index in [0.717, 1.165) is 36.1 Å². The molecule has 0 fully saturated rings. The second kappa shape index (κ2) is 3.31. The number of hydrogen-bond donors (Lipinski definition) is 1. The van der Waals surface area contributed by atoms with Gasteiger partial charge in [-0.05, 0) is 30.7 Å². The molecule has 2 aromatic heterocycles. The first kappa shape index (κ1) is 8.85. The van der Waals surface area contributed by atoms with Crippen molar-refractivity contribution in [3.05, 3.63) is 38.4 Å². The predicted octanol–water partition coefficient (Wildman–Crippen LogP) is 1.99. The average molecular weight is 218 g/mol. The Kier molecular flexibility index (Phi) is 1.95. The molecule has 0 aromatic carbocycles. The molecule has 2 aromatic rings. The minimum absolute atomic E-state index is 0.0405. The fourth-order valence-corrected chi connectivity index (χ4v) is 2.62. The van der Waals surface area contributed by atoms with Crippen LogP contribution in [0.1, 0.15) is 17.7 Å². The molecule has 1 N–H and O–H groups in total. The third-order valence-electron chi connectivity index (χ3n) is 2.74. The van der Waals surface area contributed by atoms with Gasteiger partial charge in [0, 0.05) is 16.5 Å². The zero-order valence-electron chi connectivity index (χ0n) is 8.12. The average Bonchev–Trinajstić information content (AvgIpc) is 2.88. The van der Waals surface area contributed by atoms with Gasteiger partial charge in [0.2, 0.25) is 0 Å². The number of nitrogens with one attached hydrogen (secondary N) is 1. The maximum atomic E-state index is 11.7. The molecule has 0 saturated carbocycles. The number of fused-ring (bicyclic) bond motifs is 1. The maximum Gasteiger partial charge on any atom is 0.254 e. The molecule has 0 bridgehead atoms. The van der Waals surface area contributed by atoms with E-state index in [4.69, 9.17) is 0 Å². The van der Waals surface area contributed by atoms with Gasteiger partial charge in [0.1, 0.15) is 5.82 Å². The van der Waals surface area contributed by atoms with Crippen LogP contribution in [-0.4, -0.2) is 9.97 Å². The van der Waals surface area contributed by atoms with Gasteiger partial charge in [-0.3, -0.25) is 4.79 Å². The van der Waals surface area contributed by atoms with E-state index in [-0.39, 0.29) is 5.56 Å². The van der Waals surface area contributed by atoms with Crippen molar-refractivity contribution in [3.8, 4) is 11.4 Å². The van der Waals surface area contributed by atoms with Crippen molar-refractivity contribution in [1.82, 2.24) is 9.97 Å². The molecule has 0 unspecified atom stereocenters. The third kappa shape index (κ3) is 1.41. The standard InChI is InChI=1S/C11H10N2OS/c14-11-8-2-1-3-9(8)12-10(13-11)7-4-5-15-6-7/h4-6H,1-3H2,(H,12,13,14). The summed E-state index contributed by atoms with van der Waals surface area (Å²) in [5.41, 5.74) is 2.92. The number of thiophene rings is 1. The van der Waals surface area contributed by atoms with Crippen LogP contribution in [0.2, 0.25) is 0 Å². The highest BCUT2D eigenvalue weighted by atomic mass is 32.1. The molecule has 0 radical (unpaired) electrons. The first-order valence-electron chi connectivity index (χ1n) is 4.99. The molecule has 1 aliphatic rings. The van der Waals surface area contributed by atoms with Crippen LogP contribution < -0.4 is 5.56 Å². The van der Waals surface area contributed by atoms with Gasteiger partial charge in [-0.15, -0.1) is 0 Å². The molecule has 3 nitrogen and oxygen atoms in total. The molecule has 0 amide bonds. The molecule has 2 heterocycles. The lowest BCUT2D eigenvalue weighted by atomic mass is 10.2. The molecule has 4 heteroatoms. The van der Waals surface area contributed by atoms with E-state index in [0.29, 0.717) is 5.82 Å². The van der Waals surface area contributed by atoms with Gasteiger partial charge in [-0.1, -0.05) is 0 Å². The van der Waals surface area contributed by atoms with Crippen molar-refractivity contribution < 1.29 is 0 Å². The van der Waals surface area contributed by atoms with Crippen molar-refractivity contribution in [2.45, 2.75) is 19.3 Å². The number of hydrogen-bond acceptors (Lipinski definition) is 3. The zero-order chi connectivity index (χ0) is 10.3. The van der Waals surface area contributed by atoms with Gasteiger partial charge in [0.05, 0.1) is 5.69 Å². The van der Waals surface area contributed by atoms with Gasteiger partial charge in [0.15, 0.2) is 0 Å². The maximum absolute atomic E-state index is 11.7. The smallest absolute Gasteiger partial charge is 0.254 e. The van der Waals surface area contributed by atoms with Crippen LogP contribution in [-0.2, 0) is 12.8 Å². The molecule has 1 aliphatic carbocycles. The van der Waals surface area contributed by atoms with E-state index in [1.807, 2.05) is 16.8 Å². The van der Waals surface area contributed by atoms with Crippen LogP contribution in [0, 0.1) is 0 Å². The quantitative estimate of drug-likeness (QED) is 0.795. The van der Waals surface area contributed by atoms with Crippen LogP contribution in [0.4, 0.5) is 0 Å². The minimum Gasteiger partial charge on any atom is -0.306 e.